The number of hydrogen-bond acceptors (Lipinski definition) is 5. The van der Waals surface area contributed by atoms with Gasteiger partial charge in [-0.25, -0.2) is 0 Å². The maximum absolute atomic E-state index is 11.6. The first kappa shape index (κ1) is 22.6. The van der Waals surface area contributed by atoms with E-state index in [1.807, 2.05) is 60.8 Å². The Morgan fingerprint density at radius 1 is 0.879 bits per heavy atom. The minimum atomic E-state index is -0.276. The lowest BCUT2D eigenvalue weighted by atomic mass is 10.1. The topological polar surface area (TPSA) is 69.8 Å². The highest BCUT2D eigenvalue weighted by molar-refractivity contribution is 6.30. The van der Waals surface area contributed by atoms with Crippen LogP contribution in [0.3, 0.4) is 0 Å². The van der Waals surface area contributed by atoms with Gasteiger partial charge in [0, 0.05) is 34.6 Å². The molecule has 0 fully saturated rings. The quantitative estimate of drug-likeness (QED) is 0.224. The normalized spacial score (nSPS) is 10.7. The van der Waals surface area contributed by atoms with Gasteiger partial charge in [-0.05, 0) is 60.2 Å². The number of ether oxygens (including phenoxy) is 4. The number of rotatable bonds is 10. The zero-order valence-electron chi connectivity index (χ0n) is 18.2. The summed E-state index contributed by atoms with van der Waals surface area (Å²) < 4.78 is 22.3. The molecular weight excluding hydrogens is 442 g/mol. The van der Waals surface area contributed by atoms with Crippen LogP contribution in [0.1, 0.15) is 12.0 Å². The third kappa shape index (κ3) is 6.20. The number of benzene rings is 3. The maximum Gasteiger partial charge on any atom is 0.310 e. The average molecular weight is 466 g/mol. The summed E-state index contributed by atoms with van der Waals surface area (Å²) in [7, 11) is 1.39. The molecule has 170 valence electrons. The Morgan fingerprint density at radius 3 is 2.33 bits per heavy atom. The highest BCUT2D eigenvalue weighted by Crippen LogP contribution is 2.27. The van der Waals surface area contributed by atoms with Crippen LogP contribution < -0.4 is 14.2 Å². The summed E-state index contributed by atoms with van der Waals surface area (Å²) in [6.45, 7) is 1.01. The van der Waals surface area contributed by atoms with Gasteiger partial charge in [-0.15, -0.1) is 0 Å². The average Bonchev–Trinajstić information content (AvgIpc) is 3.22. The van der Waals surface area contributed by atoms with E-state index in [9.17, 15) is 4.79 Å². The number of halogens is 1. The van der Waals surface area contributed by atoms with Crippen molar-refractivity contribution in [3.05, 3.63) is 83.5 Å². The molecule has 3 aromatic carbocycles. The molecule has 0 aliphatic rings. The van der Waals surface area contributed by atoms with Crippen molar-refractivity contribution in [3.63, 3.8) is 0 Å². The summed E-state index contributed by atoms with van der Waals surface area (Å²) in [5.41, 5.74) is 1.83. The van der Waals surface area contributed by atoms with Crippen molar-refractivity contribution in [2.24, 2.45) is 0 Å². The van der Waals surface area contributed by atoms with Crippen LogP contribution in [0.25, 0.3) is 10.9 Å². The number of H-pyrrole nitrogens is 1. The molecule has 7 heteroatoms. The van der Waals surface area contributed by atoms with Crippen molar-refractivity contribution < 1.29 is 23.7 Å². The third-order valence-corrected chi connectivity index (χ3v) is 5.23. The highest BCUT2D eigenvalue weighted by Gasteiger charge is 2.10. The van der Waals surface area contributed by atoms with Crippen LogP contribution in [0, 0.1) is 0 Å². The van der Waals surface area contributed by atoms with Crippen LogP contribution in [-0.2, 0) is 16.0 Å². The van der Waals surface area contributed by atoms with Crippen molar-refractivity contribution in [3.8, 4) is 23.0 Å². The Hall–Kier alpha value is -3.64. The predicted molar refractivity (Wildman–Crippen MR) is 128 cm³/mol. The fourth-order valence-corrected chi connectivity index (χ4v) is 3.45. The molecule has 1 aromatic heterocycles. The number of carbonyl (C=O) groups excluding carboxylic acids is 1. The number of aromatic amines is 1. The zero-order chi connectivity index (χ0) is 23.0. The van der Waals surface area contributed by atoms with E-state index < -0.39 is 0 Å². The van der Waals surface area contributed by atoms with Crippen LogP contribution >= 0.6 is 11.6 Å². The minimum Gasteiger partial charge on any atom is -0.493 e. The van der Waals surface area contributed by atoms with Gasteiger partial charge >= 0.3 is 5.97 Å². The lowest BCUT2D eigenvalue weighted by Gasteiger charge is -2.10. The number of methoxy groups -OCH3 is 1. The summed E-state index contributed by atoms with van der Waals surface area (Å²) in [6.07, 6.45) is 2.75. The molecule has 0 saturated carbocycles. The van der Waals surface area contributed by atoms with Gasteiger partial charge in [-0.2, -0.15) is 0 Å². The van der Waals surface area contributed by atoms with Gasteiger partial charge in [-0.3, -0.25) is 4.79 Å². The summed E-state index contributed by atoms with van der Waals surface area (Å²) in [5.74, 6) is 2.59. The lowest BCUT2D eigenvalue weighted by molar-refractivity contribution is -0.139. The molecule has 0 aliphatic carbocycles. The second-order valence-electron chi connectivity index (χ2n) is 7.36. The number of hydrogen-bond donors (Lipinski definition) is 1. The first-order valence-electron chi connectivity index (χ1n) is 10.6. The van der Waals surface area contributed by atoms with Crippen molar-refractivity contribution in [1.29, 1.82) is 0 Å². The fourth-order valence-electron chi connectivity index (χ4n) is 3.33. The zero-order valence-corrected chi connectivity index (χ0v) is 18.9. The molecular formula is C26H24ClNO5. The molecule has 0 unspecified atom stereocenters. The minimum absolute atomic E-state index is 0.217. The van der Waals surface area contributed by atoms with E-state index in [1.54, 1.807) is 12.1 Å². The van der Waals surface area contributed by atoms with Crippen molar-refractivity contribution in [1.82, 2.24) is 4.98 Å². The maximum atomic E-state index is 11.6. The van der Waals surface area contributed by atoms with E-state index >= 15 is 0 Å². The van der Waals surface area contributed by atoms with Crippen LogP contribution in [0.15, 0.2) is 72.9 Å². The van der Waals surface area contributed by atoms with E-state index in [-0.39, 0.29) is 12.4 Å². The van der Waals surface area contributed by atoms with Crippen molar-refractivity contribution >= 4 is 28.5 Å². The number of fused-ring (bicyclic) bond motifs is 1. The third-order valence-electron chi connectivity index (χ3n) is 4.98. The molecule has 0 spiro atoms. The van der Waals surface area contributed by atoms with Crippen LogP contribution in [0.5, 0.6) is 23.0 Å². The fraction of sp³-hybridized carbons (Fsp3) is 0.192. The SMILES string of the molecule is COC(=O)Cc1c[nH]c2ccc(OCCCOc3cccc(Oc4ccc(Cl)cc4)c3)cc12. The molecule has 0 radical (unpaired) electrons. The molecule has 4 aromatic rings. The van der Waals surface area contributed by atoms with Gasteiger partial charge in [-0.1, -0.05) is 17.7 Å². The molecule has 0 aliphatic heterocycles. The van der Waals surface area contributed by atoms with Crippen molar-refractivity contribution in [2.75, 3.05) is 20.3 Å². The molecule has 33 heavy (non-hydrogen) atoms. The molecule has 4 rings (SSSR count). The van der Waals surface area contributed by atoms with E-state index in [0.29, 0.717) is 36.2 Å². The molecule has 0 amide bonds. The molecule has 6 nitrogen and oxygen atoms in total. The van der Waals surface area contributed by atoms with Crippen molar-refractivity contribution in [2.45, 2.75) is 12.8 Å². The Morgan fingerprint density at radius 2 is 1.58 bits per heavy atom. The second-order valence-corrected chi connectivity index (χ2v) is 7.79. The number of esters is 1. The summed E-state index contributed by atoms with van der Waals surface area (Å²) >= 11 is 5.91. The Labute approximate surface area is 197 Å². The summed E-state index contributed by atoms with van der Waals surface area (Å²) in [5, 5.41) is 1.61. The monoisotopic (exact) mass is 465 g/mol. The van der Waals surface area contributed by atoms with Gasteiger partial charge < -0.3 is 23.9 Å². The smallest absolute Gasteiger partial charge is 0.310 e. The molecule has 0 atom stereocenters. The Balaban J connectivity index is 1.26. The number of nitrogens with one attached hydrogen (secondary N) is 1. The largest absolute Gasteiger partial charge is 0.493 e. The molecule has 1 heterocycles. The standard InChI is InChI=1S/C26H24ClNO5/c1-30-26(29)14-18-17-28-25-11-10-22(16-24(18)25)32-13-3-12-31-21-4-2-5-23(15-21)33-20-8-6-19(27)7-9-20/h2,4-11,15-17,28H,3,12-14H2,1H3. The van der Waals surface area contributed by atoms with E-state index in [4.69, 9.17) is 30.5 Å². The Kier molecular flexibility index (Phi) is 7.37. The predicted octanol–water partition coefficient (Wildman–Crippen LogP) is 6.18. The Bertz CT molecular complexity index is 1220. The van der Waals surface area contributed by atoms with Gasteiger partial charge in [0.1, 0.15) is 23.0 Å². The van der Waals surface area contributed by atoms with Gasteiger partial charge in [0.2, 0.25) is 0 Å². The first-order valence-corrected chi connectivity index (χ1v) is 10.9. The van der Waals surface area contributed by atoms with E-state index in [0.717, 1.165) is 28.0 Å². The molecule has 0 bridgehead atoms. The van der Waals surface area contributed by atoms with Gasteiger partial charge in [0.25, 0.3) is 0 Å². The van der Waals surface area contributed by atoms with E-state index in [2.05, 4.69) is 4.98 Å². The van der Waals surface area contributed by atoms with Crippen LogP contribution in [0.4, 0.5) is 0 Å². The lowest BCUT2D eigenvalue weighted by Crippen LogP contribution is -2.05. The summed E-state index contributed by atoms with van der Waals surface area (Å²) in [4.78, 5) is 14.8. The second kappa shape index (κ2) is 10.8. The van der Waals surface area contributed by atoms with Crippen LogP contribution in [0.2, 0.25) is 5.02 Å². The number of carbonyl (C=O) groups is 1. The van der Waals surface area contributed by atoms with Crippen LogP contribution in [-0.4, -0.2) is 31.3 Å². The highest BCUT2D eigenvalue weighted by atomic mass is 35.5. The summed E-state index contributed by atoms with van der Waals surface area (Å²) in [6, 6.07) is 20.5. The molecule has 0 saturated heterocycles. The van der Waals surface area contributed by atoms with Gasteiger partial charge in [0.15, 0.2) is 0 Å². The number of aromatic nitrogens is 1. The first-order chi connectivity index (χ1) is 16.1. The molecule has 1 N–H and O–H groups in total. The van der Waals surface area contributed by atoms with E-state index in [1.165, 1.54) is 7.11 Å². The van der Waals surface area contributed by atoms with Gasteiger partial charge in [0.05, 0.1) is 26.7 Å².